The highest BCUT2D eigenvalue weighted by Crippen LogP contribution is 2.18. The number of carbonyl (C=O) groups is 2. The Balaban J connectivity index is 3.86. The molecular formula is C42H83NO5. The molecule has 0 bridgehead atoms. The maximum Gasteiger partial charge on any atom is 0.306 e. The first-order valence-corrected chi connectivity index (χ1v) is 21.3. The lowest BCUT2D eigenvalue weighted by atomic mass is 10.0. The molecular weight excluding hydrogens is 598 g/mol. The number of ether oxygens (including phenoxy) is 2. The maximum atomic E-state index is 12.6. The van der Waals surface area contributed by atoms with Gasteiger partial charge in [-0.25, -0.2) is 0 Å². The van der Waals surface area contributed by atoms with Gasteiger partial charge in [0.25, 0.3) is 0 Å². The summed E-state index contributed by atoms with van der Waals surface area (Å²) in [7, 11) is 0. The summed E-state index contributed by atoms with van der Waals surface area (Å²) in [6, 6.07) is 0. The zero-order valence-corrected chi connectivity index (χ0v) is 32.6. The molecule has 0 spiro atoms. The quantitative estimate of drug-likeness (QED) is 0.0514. The maximum absolute atomic E-state index is 12.6. The van der Waals surface area contributed by atoms with E-state index in [0.29, 0.717) is 19.4 Å². The van der Waals surface area contributed by atoms with E-state index in [-0.39, 0.29) is 24.6 Å². The van der Waals surface area contributed by atoms with Crippen LogP contribution in [0.5, 0.6) is 0 Å². The van der Waals surface area contributed by atoms with Gasteiger partial charge in [0.2, 0.25) is 0 Å². The predicted molar refractivity (Wildman–Crippen MR) is 205 cm³/mol. The van der Waals surface area contributed by atoms with Crippen molar-refractivity contribution < 1.29 is 24.2 Å². The largest absolute Gasteiger partial charge is 0.466 e. The lowest BCUT2D eigenvalue weighted by molar-refractivity contribution is -0.150. The first-order valence-electron chi connectivity index (χ1n) is 21.3. The van der Waals surface area contributed by atoms with Gasteiger partial charge in [-0.3, -0.25) is 9.59 Å². The van der Waals surface area contributed by atoms with Crippen LogP contribution in [0.3, 0.4) is 0 Å². The summed E-state index contributed by atoms with van der Waals surface area (Å²) in [4.78, 5) is 26.9. The Labute approximate surface area is 299 Å². The van der Waals surface area contributed by atoms with E-state index >= 15 is 0 Å². The predicted octanol–water partition coefficient (Wildman–Crippen LogP) is 11.9. The van der Waals surface area contributed by atoms with Gasteiger partial charge < -0.3 is 19.5 Å². The normalized spacial score (nSPS) is 12.1. The second-order valence-electron chi connectivity index (χ2n) is 14.5. The van der Waals surface area contributed by atoms with Crippen LogP contribution in [0, 0.1) is 0 Å². The molecule has 0 aliphatic rings. The number of rotatable bonds is 39. The van der Waals surface area contributed by atoms with Gasteiger partial charge in [-0.05, 0) is 70.9 Å². The number of aliphatic hydroxyl groups is 1. The van der Waals surface area contributed by atoms with Crippen LogP contribution in [0.4, 0.5) is 0 Å². The van der Waals surface area contributed by atoms with Crippen molar-refractivity contribution in [2.75, 3.05) is 32.8 Å². The smallest absolute Gasteiger partial charge is 0.306 e. The minimum absolute atomic E-state index is 0.0131. The Bertz CT molecular complexity index is 672. The van der Waals surface area contributed by atoms with Gasteiger partial charge in [-0.2, -0.15) is 0 Å². The van der Waals surface area contributed by atoms with Crippen LogP contribution in [0.15, 0.2) is 0 Å². The van der Waals surface area contributed by atoms with Gasteiger partial charge in [0, 0.05) is 19.4 Å². The van der Waals surface area contributed by atoms with E-state index in [1.165, 1.54) is 128 Å². The van der Waals surface area contributed by atoms with Crippen LogP contribution >= 0.6 is 0 Å². The van der Waals surface area contributed by atoms with Gasteiger partial charge in [-0.15, -0.1) is 0 Å². The second-order valence-corrected chi connectivity index (χ2v) is 14.5. The number of esters is 2. The van der Waals surface area contributed by atoms with E-state index in [0.717, 1.165) is 77.4 Å². The third kappa shape index (κ3) is 34.7. The molecule has 286 valence electrons. The van der Waals surface area contributed by atoms with Crippen molar-refractivity contribution in [2.24, 2.45) is 0 Å². The molecule has 1 atom stereocenters. The highest BCUT2D eigenvalue weighted by molar-refractivity contribution is 5.69. The first kappa shape index (κ1) is 46.9. The standard InChI is InChI=1S/C42H83NO5/c1-4-7-10-13-18-25-32-40(31-24-12-9-6-3)48-42(46)34-27-20-17-22-29-36-43(37-38-44)35-28-21-16-14-15-19-26-33-41(45)47-39-30-23-11-8-5-2/h40,44H,4-39H2,1-3H3. The molecule has 0 saturated carbocycles. The summed E-state index contributed by atoms with van der Waals surface area (Å²) in [5.41, 5.74) is 0. The van der Waals surface area contributed by atoms with Gasteiger partial charge >= 0.3 is 11.9 Å². The molecule has 0 aromatic heterocycles. The summed E-state index contributed by atoms with van der Waals surface area (Å²) in [6.45, 7) is 10.4. The van der Waals surface area contributed by atoms with E-state index in [1.807, 2.05) is 0 Å². The molecule has 48 heavy (non-hydrogen) atoms. The van der Waals surface area contributed by atoms with E-state index in [2.05, 4.69) is 25.7 Å². The lowest BCUT2D eigenvalue weighted by Crippen LogP contribution is -2.29. The van der Waals surface area contributed by atoms with E-state index in [9.17, 15) is 14.7 Å². The summed E-state index contributed by atoms with van der Waals surface area (Å²) in [5.74, 6) is -0.0101. The molecule has 6 heteroatoms. The van der Waals surface area contributed by atoms with Gasteiger partial charge in [0.1, 0.15) is 6.10 Å². The van der Waals surface area contributed by atoms with Crippen LogP contribution in [-0.2, 0) is 19.1 Å². The average Bonchev–Trinajstić information content (AvgIpc) is 3.08. The zero-order chi connectivity index (χ0) is 35.2. The van der Waals surface area contributed by atoms with Crippen LogP contribution in [0.25, 0.3) is 0 Å². The van der Waals surface area contributed by atoms with Gasteiger partial charge in [0.15, 0.2) is 0 Å². The van der Waals surface area contributed by atoms with Gasteiger partial charge in [0.05, 0.1) is 13.2 Å². The highest BCUT2D eigenvalue weighted by Gasteiger charge is 2.14. The molecule has 0 amide bonds. The number of unbranched alkanes of at least 4 members (excludes halogenated alkanes) is 22. The molecule has 0 aliphatic heterocycles. The molecule has 0 aromatic carbocycles. The first-order chi connectivity index (χ1) is 23.6. The lowest BCUT2D eigenvalue weighted by Gasteiger charge is -2.21. The number of hydrogen-bond acceptors (Lipinski definition) is 6. The van der Waals surface area contributed by atoms with Crippen LogP contribution in [0.1, 0.15) is 220 Å². The Kier molecular flexibility index (Phi) is 37.7. The highest BCUT2D eigenvalue weighted by atomic mass is 16.5. The van der Waals surface area contributed by atoms with Crippen molar-refractivity contribution in [2.45, 2.75) is 226 Å². The van der Waals surface area contributed by atoms with Crippen LogP contribution in [0.2, 0.25) is 0 Å². The number of carbonyl (C=O) groups excluding carboxylic acids is 2. The average molecular weight is 682 g/mol. The molecule has 0 aromatic rings. The SMILES string of the molecule is CCCCCCCCC(CCCCCC)OC(=O)CCCCCCCN(CCO)CCCCCCCCCC(=O)OCCCCCCC. The Morgan fingerprint density at radius 2 is 0.875 bits per heavy atom. The third-order valence-electron chi connectivity index (χ3n) is 9.70. The number of hydrogen-bond donors (Lipinski definition) is 1. The Morgan fingerprint density at radius 1 is 0.479 bits per heavy atom. The summed E-state index contributed by atoms with van der Waals surface area (Å²) >= 11 is 0. The van der Waals surface area contributed by atoms with Crippen LogP contribution < -0.4 is 0 Å². The van der Waals surface area contributed by atoms with Crippen molar-refractivity contribution in [1.82, 2.24) is 4.90 Å². The summed E-state index contributed by atoms with van der Waals surface area (Å²) < 4.78 is 11.3. The van der Waals surface area contributed by atoms with Gasteiger partial charge in [-0.1, -0.05) is 149 Å². The van der Waals surface area contributed by atoms with Crippen LogP contribution in [-0.4, -0.2) is 60.9 Å². The molecule has 6 nitrogen and oxygen atoms in total. The van der Waals surface area contributed by atoms with E-state index in [4.69, 9.17) is 9.47 Å². The molecule has 0 radical (unpaired) electrons. The minimum atomic E-state index is -0.0231. The minimum Gasteiger partial charge on any atom is -0.466 e. The molecule has 0 aliphatic carbocycles. The van der Waals surface area contributed by atoms with Crippen molar-refractivity contribution >= 4 is 11.9 Å². The third-order valence-corrected chi connectivity index (χ3v) is 9.70. The molecule has 0 fully saturated rings. The number of nitrogens with zero attached hydrogens (tertiary/aromatic N) is 1. The van der Waals surface area contributed by atoms with Crippen molar-refractivity contribution in [1.29, 1.82) is 0 Å². The fourth-order valence-corrected chi connectivity index (χ4v) is 6.52. The number of aliphatic hydroxyl groups excluding tert-OH is 1. The summed E-state index contributed by atoms with van der Waals surface area (Å²) in [6.07, 6.45) is 35.6. The van der Waals surface area contributed by atoms with Crippen molar-refractivity contribution in [3.63, 3.8) is 0 Å². The second kappa shape index (κ2) is 38.7. The molecule has 0 saturated heterocycles. The van der Waals surface area contributed by atoms with E-state index < -0.39 is 0 Å². The van der Waals surface area contributed by atoms with Crippen molar-refractivity contribution in [3.8, 4) is 0 Å². The van der Waals surface area contributed by atoms with E-state index in [1.54, 1.807) is 0 Å². The summed E-state index contributed by atoms with van der Waals surface area (Å²) in [5, 5.41) is 9.52. The topological polar surface area (TPSA) is 76.1 Å². The molecule has 0 rings (SSSR count). The fraction of sp³-hybridized carbons (Fsp3) is 0.952. The monoisotopic (exact) mass is 682 g/mol. The fourth-order valence-electron chi connectivity index (χ4n) is 6.52. The Morgan fingerprint density at radius 3 is 1.38 bits per heavy atom. The Hall–Kier alpha value is -1.14. The molecule has 1 N–H and O–H groups in total. The zero-order valence-electron chi connectivity index (χ0n) is 32.6. The molecule has 1 unspecified atom stereocenters. The molecule has 0 heterocycles. The van der Waals surface area contributed by atoms with Crippen molar-refractivity contribution in [3.05, 3.63) is 0 Å².